The third-order valence-electron chi connectivity index (χ3n) is 2.70. The van der Waals surface area contributed by atoms with E-state index in [1.165, 1.54) is 6.33 Å². The first-order valence-corrected chi connectivity index (χ1v) is 6.07. The van der Waals surface area contributed by atoms with Crippen molar-refractivity contribution in [3.05, 3.63) is 12.2 Å². The fourth-order valence-electron chi connectivity index (χ4n) is 1.92. The SMILES string of the molecule is CC(C)CC(CN)Cc1nc(-c2ncn[nH]2)no1. The summed E-state index contributed by atoms with van der Waals surface area (Å²) in [4.78, 5) is 8.25. The largest absolute Gasteiger partial charge is 0.339 e. The molecule has 0 saturated heterocycles. The second kappa shape index (κ2) is 5.72. The first-order chi connectivity index (χ1) is 8.69. The van der Waals surface area contributed by atoms with Gasteiger partial charge in [0.25, 0.3) is 0 Å². The van der Waals surface area contributed by atoms with Gasteiger partial charge in [0.2, 0.25) is 11.7 Å². The van der Waals surface area contributed by atoms with Crippen LogP contribution >= 0.6 is 0 Å². The summed E-state index contributed by atoms with van der Waals surface area (Å²) >= 11 is 0. The number of H-pyrrole nitrogens is 1. The van der Waals surface area contributed by atoms with E-state index >= 15 is 0 Å². The van der Waals surface area contributed by atoms with Crippen molar-refractivity contribution in [1.82, 2.24) is 25.3 Å². The molecular formula is C11H18N6O. The number of aromatic nitrogens is 5. The van der Waals surface area contributed by atoms with Crippen molar-refractivity contribution in [2.45, 2.75) is 26.7 Å². The maximum Gasteiger partial charge on any atom is 0.239 e. The molecule has 7 nitrogen and oxygen atoms in total. The Morgan fingerprint density at radius 3 is 2.89 bits per heavy atom. The maximum atomic E-state index is 5.75. The lowest BCUT2D eigenvalue weighted by atomic mass is 9.94. The molecular weight excluding hydrogens is 232 g/mol. The molecule has 0 aliphatic heterocycles. The van der Waals surface area contributed by atoms with Crippen LogP contribution in [0.15, 0.2) is 10.9 Å². The summed E-state index contributed by atoms with van der Waals surface area (Å²) in [6.07, 6.45) is 3.17. The van der Waals surface area contributed by atoms with E-state index in [1.807, 2.05) is 0 Å². The molecule has 0 amide bonds. The molecule has 1 unspecified atom stereocenters. The number of rotatable bonds is 6. The number of nitrogens with zero attached hydrogens (tertiary/aromatic N) is 4. The molecule has 0 fully saturated rings. The Labute approximate surface area is 105 Å². The lowest BCUT2D eigenvalue weighted by Crippen LogP contribution is -2.19. The fraction of sp³-hybridized carbons (Fsp3) is 0.636. The zero-order valence-corrected chi connectivity index (χ0v) is 10.6. The van der Waals surface area contributed by atoms with Crippen molar-refractivity contribution in [2.24, 2.45) is 17.6 Å². The molecule has 1 atom stereocenters. The Hall–Kier alpha value is -1.76. The van der Waals surface area contributed by atoms with Gasteiger partial charge in [0.15, 0.2) is 5.82 Å². The normalized spacial score (nSPS) is 13.1. The van der Waals surface area contributed by atoms with Crippen LogP contribution in [0, 0.1) is 11.8 Å². The zero-order valence-electron chi connectivity index (χ0n) is 10.6. The highest BCUT2D eigenvalue weighted by atomic mass is 16.5. The number of hydrogen-bond donors (Lipinski definition) is 2. The number of nitrogens with one attached hydrogen (secondary N) is 1. The summed E-state index contributed by atoms with van der Waals surface area (Å²) in [6.45, 7) is 4.98. The van der Waals surface area contributed by atoms with Crippen LogP contribution in [-0.2, 0) is 6.42 Å². The van der Waals surface area contributed by atoms with Crippen molar-refractivity contribution in [3.8, 4) is 11.6 Å². The quantitative estimate of drug-likeness (QED) is 0.792. The molecule has 18 heavy (non-hydrogen) atoms. The Bertz CT molecular complexity index is 464. The van der Waals surface area contributed by atoms with Crippen molar-refractivity contribution >= 4 is 0 Å². The molecule has 3 N–H and O–H groups in total. The van der Waals surface area contributed by atoms with Gasteiger partial charge < -0.3 is 10.3 Å². The van der Waals surface area contributed by atoms with Crippen LogP contribution in [0.5, 0.6) is 0 Å². The van der Waals surface area contributed by atoms with Crippen LogP contribution in [0.25, 0.3) is 11.6 Å². The van der Waals surface area contributed by atoms with Crippen molar-refractivity contribution in [3.63, 3.8) is 0 Å². The third kappa shape index (κ3) is 3.13. The van der Waals surface area contributed by atoms with E-state index in [0.717, 1.165) is 6.42 Å². The van der Waals surface area contributed by atoms with Crippen LogP contribution in [0.1, 0.15) is 26.2 Å². The predicted molar refractivity (Wildman–Crippen MR) is 65.4 cm³/mol. The highest BCUT2D eigenvalue weighted by Crippen LogP contribution is 2.17. The van der Waals surface area contributed by atoms with Crippen molar-refractivity contribution in [2.75, 3.05) is 6.54 Å². The van der Waals surface area contributed by atoms with Gasteiger partial charge in [0, 0.05) is 6.42 Å². The third-order valence-corrected chi connectivity index (χ3v) is 2.70. The van der Waals surface area contributed by atoms with Gasteiger partial charge in [-0.05, 0) is 24.8 Å². The summed E-state index contributed by atoms with van der Waals surface area (Å²) in [5.74, 6) is 2.52. The standard InChI is InChI=1S/C11H18N6O/c1-7(2)3-8(5-12)4-9-15-11(17-18-9)10-13-6-14-16-10/h6-8H,3-5,12H2,1-2H3,(H,13,14,16). The molecule has 0 saturated carbocycles. The highest BCUT2D eigenvalue weighted by molar-refractivity contribution is 5.39. The van der Waals surface area contributed by atoms with E-state index in [-0.39, 0.29) is 0 Å². The predicted octanol–water partition coefficient (Wildman–Crippen LogP) is 1.02. The molecule has 2 aromatic heterocycles. The molecule has 2 rings (SSSR count). The molecule has 0 aliphatic rings. The van der Waals surface area contributed by atoms with Gasteiger partial charge >= 0.3 is 0 Å². The number of hydrogen-bond acceptors (Lipinski definition) is 6. The minimum absolute atomic E-state index is 0.369. The topological polar surface area (TPSA) is 107 Å². The van der Waals surface area contributed by atoms with Gasteiger partial charge in [-0.15, -0.1) is 0 Å². The van der Waals surface area contributed by atoms with Gasteiger partial charge in [-0.1, -0.05) is 19.0 Å². The van der Waals surface area contributed by atoms with Gasteiger partial charge in [0.1, 0.15) is 6.33 Å². The lowest BCUT2D eigenvalue weighted by molar-refractivity contribution is 0.331. The van der Waals surface area contributed by atoms with E-state index in [0.29, 0.717) is 42.3 Å². The minimum Gasteiger partial charge on any atom is -0.339 e. The fourth-order valence-corrected chi connectivity index (χ4v) is 1.92. The Balaban J connectivity index is 2.01. The smallest absolute Gasteiger partial charge is 0.239 e. The van der Waals surface area contributed by atoms with E-state index in [9.17, 15) is 0 Å². The van der Waals surface area contributed by atoms with Gasteiger partial charge in [-0.25, -0.2) is 4.98 Å². The van der Waals surface area contributed by atoms with E-state index in [1.54, 1.807) is 0 Å². The lowest BCUT2D eigenvalue weighted by Gasteiger charge is -2.14. The van der Waals surface area contributed by atoms with Gasteiger partial charge in [-0.2, -0.15) is 10.1 Å². The van der Waals surface area contributed by atoms with E-state index in [4.69, 9.17) is 10.3 Å². The average molecular weight is 250 g/mol. The zero-order chi connectivity index (χ0) is 13.0. The summed E-state index contributed by atoms with van der Waals surface area (Å²) in [6, 6.07) is 0. The molecule has 98 valence electrons. The van der Waals surface area contributed by atoms with Crippen LogP contribution in [0.3, 0.4) is 0 Å². The second-order valence-corrected chi connectivity index (χ2v) is 4.78. The second-order valence-electron chi connectivity index (χ2n) is 4.78. The molecule has 0 spiro atoms. The van der Waals surface area contributed by atoms with Crippen molar-refractivity contribution in [1.29, 1.82) is 0 Å². The Kier molecular flexibility index (Phi) is 4.03. The average Bonchev–Trinajstić information content (AvgIpc) is 2.97. The molecule has 0 aliphatic carbocycles. The van der Waals surface area contributed by atoms with Crippen LogP contribution in [0.4, 0.5) is 0 Å². The summed E-state index contributed by atoms with van der Waals surface area (Å²) in [5, 5.41) is 10.3. The molecule has 0 aromatic carbocycles. The first kappa shape index (κ1) is 12.7. The van der Waals surface area contributed by atoms with Crippen LogP contribution < -0.4 is 5.73 Å². The summed E-state index contributed by atoms with van der Waals surface area (Å²) in [5.41, 5.74) is 5.75. The van der Waals surface area contributed by atoms with Gasteiger partial charge in [0.05, 0.1) is 0 Å². The van der Waals surface area contributed by atoms with Crippen molar-refractivity contribution < 1.29 is 4.52 Å². The molecule has 2 aromatic rings. The first-order valence-electron chi connectivity index (χ1n) is 6.07. The summed E-state index contributed by atoms with van der Waals surface area (Å²) in [7, 11) is 0. The number of aromatic amines is 1. The van der Waals surface area contributed by atoms with Crippen LogP contribution in [0.2, 0.25) is 0 Å². The number of nitrogens with two attached hydrogens (primary N) is 1. The summed E-state index contributed by atoms with van der Waals surface area (Å²) < 4.78 is 5.20. The minimum atomic E-state index is 0.369. The molecule has 2 heterocycles. The molecule has 0 bridgehead atoms. The van der Waals surface area contributed by atoms with Crippen LogP contribution in [-0.4, -0.2) is 31.9 Å². The molecule has 0 radical (unpaired) electrons. The monoisotopic (exact) mass is 250 g/mol. The van der Waals surface area contributed by atoms with E-state index in [2.05, 4.69) is 39.2 Å². The Morgan fingerprint density at radius 2 is 2.28 bits per heavy atom. The molecule has 7 heteroatoms. The maximum absolute atomic E-state index is 5.75. The highest BCUT2D eigenvalue weighted by Gasteiger charge is 2.16. The Morgan fingerprint density at radius 1 is 1.44 bits per heavy atom. The van der Waals surface area contributed by atoms with Gasteiger partial charge in [-0.3, -0.25) is 5.10 Å². The van der Waals surface area contributed by atoms with E-state index < -0.39 is 0 Å².